The molecule has 28 heavy (non-hydrogen) atoms. The minimum absolute atomic E-state index is 0. The number of hydrogen-bond acceptors (Lipinski definition) is 0. The Kier molecular flexibility index (Phi) is 9.55. The molecule has 146 valence electrons. The van der Waals surface area contributed by atoms with E-state index in [0.717, 1.165) is 6.42 Å². The number of benzene rings is 2. The zero-order chi connectivity index (χ0) is 18.9. The molecule has 2 aromatic rings. The van der Waals surface area contributed by atoms with Crippen LogP contribution in [0, 0.1) is 6.07 Å². The Morgan fingerprint density at radius 2 is 1.64 bits per heavy atom. The van der Waals surface area contributed by atoms with E-state index in [1.165, 1.54) is 31.0 Å². The Morgan fingerprint density at radius 1 is 1.00 bits per heavy atom. The largest absolute Gasteiger partial charge is 1.00 e. The van der Waals surface area contributed by atoms with E-state index < -0.39 is 8.07 Å². The third-order valence-corrected chi connectivity index (χ3v) is 6.86. The summed E-state index contributed by atoms with van der Waals surface area (Å²) in [5.41, 5.74) is 6.88. The molecular formula is C24H27Cl2SiZr-. The maximum atomic E-state index is 3.71. The fourth-order valence-electron chi connectivity index (χ4n) is 3.48. The minimum atomic E-state index is -1.21. The molecule has 1 atom stereocenters. The molecule has 4 heteroatoms. The molecule has 0 N–H and O–H groups in total. The average molecular weight is 506 g/mol. The van der Waals surface area contributed by atoms with E-state index in [-0.39, 0.29) is 24.8 Å². The Balaban J connectivity index is 0.000000601. The number of fused-ring (bicyclic) bond motifs is 3. The van der Waals surface area contributed by atoms with Crippen molar-refractivity contribution >= 4 is 11.3 Å². The first-order valence-corrected chi connectivity index (χ1v) is 14.0. The fourth-order valence-corrected chi connectivity index (χ4v) is 4.75. The summed E-state index contributed by atoms with van der Waals surface area (Å²) in [6.45, 7) is 11.5. The van der Waals surface area contributed by atoms with Gasteiger partial charge in [-0.1, -0.05) is 78.5 Å². The van der Waals surface area contributed by atoms with Crippen LogP contribution < -0.4 is 24.8 Å². The van der Waals surface area contributed by atoms with E-state index >= 15 is 0 Å². The molecule has 0 aromatic heterocycles. The van der Waals surface area contributed by atoms with Gasteiger partial charge in [0.15, 0.2) is 0 Å². The van der Waals surface area contributed by atoms with E-state index in [1.54, 1.807) is 29.4 Å². The van der Waals surface area contributed by atoms with Crippen LogP contribution in [0.2, 0.25) is 19.6 Å². The van der Waals surface area contributed by atoms with Crippen LogP contribution in [0.15, 0.2) is 59.8 Å². The maximum Gasteiger partial charge on any atom is 0.0772 e. The number of rotatable bonds is 2. The van der Waals surface area contributed by atoms with Gasteiger partial charge in [0.05, 0.1) is 8.07 Å². The summed E-state index contributed by atoms with van der Waals surface area (Å²) in [5, 5.41) is 1.56. The van der Waals surface area contributed by atoms with Crippen LogP contribution in [0.1, 0.15) is 36.5 Å². The molecule has 2 aliphatic carbocycles. The van der Waals surface area contributed by atoms with Gasteiger partial charge in [-0.3, -0.25) is 0 Å². The predicted octanol–water partition coefficient (Wildman–Crippen LogP) is 0.269. The van der Waals surface area contributed by atoms with Crippen molar-refractivity contribution in [2.24, 2.45) is 0 Å². The molecule has 2 aromatic carbocycles. The second kappa shape index (κ2) is 10.5. The second-order valence-electron chi connectivity index (χ2n) is 8.40. The predicted molar refractivity (Wildman–Crippen MR) is 113 cm³/mol. The van der Waals surface area contributed by atoms with E-state index in [9.17, 15) is 0 Å². The summed E-state index contributed by atoms with van der Waals surface area (Å²) in [5.74, 6) is 0.413. The number of hydrogen-bond donors (Lipinski definition) is 0. The van der Waals surface area contributed by atoms with Crippen molar-refractivity contribution in [1.82, 2.24) is 0 Å². The zero-order valence-electron chi connectivity index (χ0n) is 17.2. The minimum Gasteiger partial charge on any atom is -1.00 e. The molecule has 0 aliphatic heterocycles. The van der Waals surface area contributed by atoms with Crippen LogP contribution in [-0.4, -0.2) is 11.3 Å². The van der Waals surface area contributed by atoms with E-state index in [0.29, 0.717) is 5.92 Å². The van der Waals surface area contributed by atoms with Gasteiger partial charge in [0.1, 0.15) is 0 Å². The first-order valence-electron chi connectivity index (χ1n) is 9.31. The van der Waals surface area contributed by atoms with Crippen molar-refractivity contribution < 1.29 is 49.0 Å². The Morgan fingerprint density at radius 3 is 2.25 bits per heavy atom. The van der Waals surface area contributed by atoms with Crippen molar-refractivity contribution in [2.45, 2.75) is 45.8 Å². The normalized spacial score (nSPS) is 16.0. The van der Waals surface area contributed by atoms with E-state index in [2.05, 4.69) is 94.2 Å². The van der Waals surface area contributed by atoms with Gasteiger partial charge in [0.25, 0.3) is 0 Å². The molecule has 0 amide bonds. The van der Waals surface area contributed by atoms with Crippen LogP contribution >= 0.6 is 0 Å². The summed E-state index contributed by atoms with van der Waals surface area (Å²) in [4.78, 5) is 0. The van der Waals surface area contributed by atoms with Gasteiger partial charge in [-0.05, 0) is 12.3 Å². The fraction of sp³-hybridized carbons (Fsp3) is 0.292. The van der Waals surface area contributed by atoms with Gasteiger partial charge >= 0.3 is 41.3 Å². The quantitative estimate of drug-likeness (QED) is 0.347. The average Bonchev–Trinajstić information content (AvgIpc) is 3.18. The number of halogens is 2. The molecular weight excluding hydrogens is 478 g/mol. The van der Waals surface area contributed by atoms with Crippen LogP contribution in [0.5, 0.6) is 0 Å². The molecule has 0 spiro atoms. The number of allylic oxidation sites excluding steroid dienone is 4. The molecule has 0 heterocycles. The molecule has 1 unspecified atom stereocenters. The topological polar surface area (TPSA) is 0 Å². The molecule has 0 saturated carbocycles. The molecule has 0 radical (unpaired) electrons. The molecule has 0 fully saturated rings. The smallest absolute Gasteiger partial charge is 0.0772 e. The second-order valence-corrected chi connectivity index (χ2v) is 15.9. The van der Waals surface area contributed by atoms with Crippen molar-refractivity contribution in [3.63, 3.8) is 0 Å². The SMILES string of the molecule is C[C](C)=[Zr+2].C[Si](C)(C)C1=CC(c2[c-]c3c(cc2)-c2ccccc2C3)C=C1.[Cl-].[Cl-]. The van der Waals surface area contributed by atoms with Gasteiger partial charge < -0.3 is 24.8 Å². The first kappa shape index (κ1) is 25.5. The van der Waals surface area contributed by atoms with Crippen molar-refractivity contribution in [3.8, 4) is 11.1 Å². The van der Waals surface area contributed by atoms with Gasteiger partial charge in [-0.2, -0.15) is 23.8 Å². The van der Waals surface area contributed by atoms with E-state index in [1.807, 2.05) is 0 Å². The Bertz CT molecular complexity index is 903. The van der Waals surface area contributed by atoms with Crippen molar-refractivity contribution in [3.05, 3.63) is 82.6 Å². The van der Waals surface area contributed by atoms with Gasteiger partial charge in [0.2, 0.25) is 0 Å². The zero-order valence-corrected chi connectivity index (χ0v) is 22.2. The molecule has 0 bridgehead atoms. The monoisotopic (exact) mass is 503 g/mol. The van der Waals surface area contributed by atoms with Gasteiger partial charge in [0, 0.05) is 0 Å². The first-order chi connectivity index (χ1) is 12.3. The molecule has 4 rings (SSSR count). The Hall–Kier alpha value is -0.530. The van der Waals surface area contributed by atoms with Crippen molar-refractivity contribution in [2.75, 3.05) is 0 Å². The molecule has 0 nitrogen and oxygen atoms in total. The van der Waals surface area contributed by atoms with Gasteiger partial charge in [-0.15, -0.1) is 11.1 Å². The van der Waals surface area contributed by atoms with Crippen LogP contribution in [0.25, 0.3) is 11.1 Å². The molecule has 0 saturated heterocycles. The Labute approximate surface area is 198 Å². The summed E-state index contributed by atoms with van der Waals surface area (Å²) >= 11 is 1.55. The van der Waals surface area contributed by atoms with Crippen molar-refractivity contribution in [1.29, 1.82) is 0 Å². The summed E-state index contributed by atoms with van der Waals surface area (Å²) < 4.78 is 1.51. The summed E-state index contributed by atoms with van der Waals surface area (Å²) in [6, 6.07) is 17.0. The van der Waals surface area contributed by atoms with Crippen LogP contribution in [0.3, 0.4) is 0 Å². The summed E-state index contributed by atoms with van der Waals surface area (Å²) in [6.07, 6.45) is 8.16. The van der Waals surface area contributed by atoms with Gasteiger partial charge in [-0.25, -0.2) is 0 Å². The van der Waals surface area contributed by atoms with E-state index in [4.69, 9.17) is 0 Å². The third kappa shape index (κ3) is 5.99. The standard InChI is InChI=1S/C21H21Si.C3H6.2ClH.Zr/c1-22(2,3)19-10-8-16(14-19)15-9-11-21-18(12-15)13-17-6-4-5-7-20(17)21;1-3-2;;;/h4-11,14,16H,13H2,1-3H3;1-2H3;2*1H;/q-1;;;;+2/p-2. The maximum absolute atomic E-state index is 3.71. The van der Waals surface area contributed by atoms with Crippen LogP contribution in [-0.2, 0) is 30.7 Å². The van der Waals surface area contributed by atoms with Crippen LogP contribution in [0.4, 0.5) is 0 Å². The third-order valence-electron chi connectivity index (χ3n) is 4.79. The molecule has 2 aliphatic rings. The summed E-state index contributed by atoms with van der Waals surface area (Å²) in [7, 11) is -1.21.